The Labute approximate surface area is 344 Å². The molecule has 9 rings (SSSR count). The van der Waals surface area contributed by atoms with E-state index in [0.29, 0.717) is 51.4 Å². The van der Waals surface area contributed by atoms with Crippen molar-refractivity contribution in [2.75, 3.05) is 7.05 Å². The van der Waals surface area contributed by atoms with Crippen LogP contribution in [-0.4, -0.2) is 83.4 Å². The minimum atomic E-state index is -3.99. The van der Waals surface area contributed by atoms with Gasteiger partial charge in [0.25, 0.3) is 19.1 Å². The SMILES string of the molecule is CN1C2CCCC1c1n[nH]nc1C2.O=S(=O)(Cl)c1ccc(Cl)cc1.O=S(=O)(c1ccc(Cl)cc1)N1C2CCCC1c1nnn(S(=O)(=O)c3ccc(Cl)cc3)c1C2. The van der Waals surface area contributed by atoms with Crippen molar-refractivity contribution in [3.8, 4) is 0 Å². The lowest BCUT2D eigenvalue weighted by molar-refractivity contribution is 0.0964. The summed E-state index contributed by atoms with van der Waals surface area (Å²) in [5.74, 6) is 0. The number of H-pyrrole nitrogens is 1. The molecule has 6 heterocycles. The van der Waals surface area contributed by atoms with Crippen molar-refractivity contribution in [1.29, 1.82) is 0 Å². The molecule has 2 fully saturated rings. The Morgan fingerprint density at radius 2 is 1.14 bits per heavy atom. The van der Waals surface area contributed by atoms with Crippen LogP contribution in [0.5, 0.6) is 0 Å². The van der Waals surface area contributed by atoms with E-state index in [1.807, 2.05) is 0 Å². The van der Waals surface area contributed by atoms with E-state index in [1.54, 1.807) is 0 Å². The quantitative estimate of drug-likeness (QED) is 0.183. The number of benzene rings is 3. The first kappa shape index (κ1) is 41.0. The highest BCUT2D eigenvalue weighted by molar-refractivity contribution is 8.13. The van der Waals surface area contributed by atoms with Crippen molar-refractivity contribution in [3.63, 3.8) is 0 Å². The highest BCUT2D eigenvalue weighted by Gasteiger charge is 2.48. The molecule has 5 aromatic rings. The van der Waals surface area contributed by atoms with E-state index >= 15 is 0 Å². The second-order valence-electron chi connectivity index (χ2n) is 13.8. The molecule has 3 aromatic carbocycles. The van der Waals surface area contributed by atoms with Gasteiger partial charge < -0.3 is 0 Å². The Bertz CT molecular complexity index is 2540. The standard InChI is InChI=1S/C20H18Cl2N4O4S2.C9H14N4.C6H4Cl2O2S/c21-13-4-8-16(9-5-13)31(27,28)25-15-2-1-3-18(25)20-19(12-15)26(24-23-20)32(29,30)17-10-6-14(22)7-11-17;1-13-6-3-2-4-8(13)9-7(5-6)10-12-11-9;7-5-1-3-6(4-2-5)11(8,9)10/h4-11,15,18H,1-3,12H2;6,8H,2-5H2,1H3,(H,10,11,12);1-4H. The number of aromatic nitrogens is 6. The van der Waals surface area contributed by atoms with Gasteiger partial charge in [0.2, 0.25) is 10.0 Å². The number of aromatic amines is 1. The molecule has 0 saturated carbocycles. The van der Waals surface area contributed by atoms with Crippen LogP contribution in [0.1, 0.15) is 73.4 Å². The number of halogens is 4. The summed E-state index contributed by atoms with van der Waals surface area (Å²) in [6.07, 6.45) is 7.16. The molecule has 298 valence electrons. The minimum Gasteiger partial charge on any atom is -0.294 e. The Kier molecular flexibility index (Phi) is 11.9. The van der Waals surface area contributed by atoms with E-state index in [-0.39, 0.29) is 27.1 Å². The number of likely N-dealkylation sites (N-methyl/N-ethyl adjacent to an activating group) is 1. The van der Waals surface area contributed by atoms with Crippen LogP contribution in [0.4, 0.5) is 0 Å². The fraction of sp³-hybridized carbons (Fsp3) is 0.371. The van der Waals surface area contributed by atoms with Gasteiger partial charge in [-0.25, -0.2) is 16.8 Å². The van der Waals surface area contributed by atoms with E-state index in [1.165, 1.54) is 108 Å². The first-order chi connectivity index (χ1) is 26.6. The minimum absolute atomic E-state index is 0.0379. The van der Waals surface area contributed by atoms with Gasteiger partial charge in [0.15, 0.2) is 0 Å². The van der Waals surface area contributed by atoms with Gasteiger partial charge >= 0.3 is 0 Å². The zero-order valence-electron chi connectivity index (χ0n) is 29.7. The number of hydrogen-bond donors (Lipinski definition) is 1. The van der Waals surface area contributed by atoms with E-state index < -0.39 is 35.1 Å². The molecule has 4 aliphatic rings. The number of hydrogen-bond acceptors (Lipinski definition) is 11. The average Bonchev–Trinajstić information content (AvgIpc) is 3.80. The van der Waals surface area contributed by atoms with Gasteiger partial charge in [-0.2, -0.15) is 28.1 Å². The summed E-state index contributed by atoms with van der Waals surface area (Å²) in [5, 5.41) is 20.6. The van der Waals surface area contributed by atoms with Gasteiger partial charge in [-0.1, -0.05) is 40.0 Å². The second-order valence-corrected chi connectivity index (χ2v) is 21.3. The van der Waals surface area contributed by atoms with Crippen LogP contribution in [0.3, 0.4) is 0 Å². The first-order valence-corrected chi connectivity index (χ1v) is 23.9. The van der Waals surface area contributed by atoms with Crippen LogP contribution in [0.15, 0.2) is 87.5 Å². The monoisotopic (exact) mass is 900 g/mol. The van der Waals surface area contributed by atoms with Crippen molar-refractivity contribution in [2.45, 2.75) is 90.2 Å². The molecule has 4 aliphatic heterocycles. The maximum Gasteiger partial charge on any atom is 0.284 e. The fourth-order valence-corrected chi connectivity index (χ4v) is 12.0. The molecule has 1 N–H and O–H groups in total. The van der Waals surface area contributed by atoms with Crippen molar-refractivity contribution in [1.82, 2.24) is 39.0 Å². The van der Waals surface area contributed by atoms with E-state index in [0.717, 1.165) is 16.9 Å². The van der Waals surface area contributed by atoms with Crippen LogP contribution in [0.2, 0.25) is 15.1 Å². The Balaban J connectivity index is 0.000000162. The van der Waals surface area contributed by atoms with Gasteiger partial charge in [0.1, 0.15) is 11.4 Å². The van der Waals surface area contributed by atoms with Crippen LogP contribution in [0.25, 0.3) is 0 Å². The van der Waals surface area contributed by atoms with Gasteiger partial charge in [0, 0.05) is 50.7 Å². The zero-order valence-corrected chi connectivity index (χ0v) is 35.2. The molecule has 0 amide bonds. The lowest BCUT2D eigenvalue weighted by Gasteiger charge is -2.43. The maximum atomic E-state index is 13.5. The van der Waals surface area contributed by atoms with Crippen LogP contribution in [-0.2, 0) is 41.9 Å². The lowest BCUT2D eigenvalue weighted by atomic mass is 9.86. The molecule has 0 radical (unpaired) electrons. The molecule has 14 nitrogen and oxygen atoms in total. The Morgan fingerprint density at radius 3 is 1.71 bits per heavy atom. The molecule has 4 unspecified atom stereocenters. The van der Waals surface area contributed by atoms with Gasteiger partial charge in [-0.3, -0.25) is 4.90 Å². The van der Waals surface area contributed by atoms with Crippen LogP contribution in [0, 0.1) is 0 Å². The van der Waals surface area contributed by atoms with Crippen molar-refractivity contribution in [3.05, 3.63) is 111 Å². The summed E-state index contributed by atoms with van der Waals surface area (Å²) in [6.45, 7) is 0. The van der Waals surface area contributed by atoms with E-state index in [9.17, 15) is 25.3 Å². The smallest absolute Gasteiger partial charge is 0.284 e. The Hall–Kier alpha value is -3.13. The number of nitrogens with one attached hydrogen (secondary N) is 1. The zero-order chi connectivity index (χ0) is 40.0. The molecule has 2 aromatic heterocycles. The molecule has 0 aliphatic carbocycles. The molecule has 21 heteroatoms. The third-order valence-corrected chi connectivity index (χ3v) is 16.2. The molecule has 56 heavy (non-hydrogen) atoms. The predicted octanol–water partition coefficient (Wildman–Crippen LogP) is 6.82. The van der Waals surface area contributed by atoms with Gasteiger partial charge in [-0.15, -0.1) is 9.19 Å². The van der Waals surface area contributed by atoms with Crippen molar-refractivity contribution >= 4 is 74.6 Å². The molecule has 4 atom stereocenters. The molecule has 0 spiro atoms. The largest absolute Gasteiger partial charge is 0.294 e. The van der Waals surface area contributed by atoms with Gasteiger partial charge in [0.05, 0.1) is 38.2 Å². The summed E-state index contributed by atoms with van der Waals surface area (Å²) in [6, 6.07) is 17.7. The van der Waals surface area contributed by atoms with Crippen LogP contribution >= 0.6 is 45.5 Å². The summed E-state index contributed by atoms with van der Waals surface area (Å²) in [4.78, 5) is 2.71. The molecular formula is C35H36Cl4N8O6S3. The number of piperidine rings is 2. The lowest BCUT2D eigenvalue weighted by Crippen LogP contribution is -2.50. The summed E-state index contributed by atoms with van der Waals surface area (Å²) >= 11 is 17.3. The Morgan fingerprint density at radius 1 is 0.625 bits per heavy atom. The second kappa shape index (κ2) is 16.3. The summed E-state index contributed by atoms with van der Waals surface area (Å²) in [7, 11) is -4.17. The number of sulfonamides is 1. The molecule has 4 bridgehead atoms. The van der Waals surface area contributed by atoms with Gasteiger partial charge in [-0.05, 0) is 118 Å². The van der Waals surface area contributed by atoms with Crippen LogP contribution < -0.4 is 0 Å². The first-order valence-electron chi connectivity index (χ1n) is 17.6. The average molecular weight is 903 g/mol. The fourth-order valence-electron chi connectivity index (χ4n) is 7.74. The summed E-state index contributed by atoms with van der Waals surface area (Å²) < 4.78 is 77.1. The van der Waals surface area contributed by atoms with Crippen molar-refractivity contribution in [2.24, 2.45) is 0 Å². The third-order valence-electron chi connectivity index (χ3n) is 10.5. The number of nitrogens with zero attached hydrogens (tertiary/aromatic N) is 7. The van der Waals surface area contributed by atoms with E-state index in [4.69, 9.17) is 45.5 Å². The highest BCUT2D eigenvalue weighted by Crippen LogP contribution is 2.45. The number of fused-ring (bicyclic) bond motifs is 8. The maximum absolute atomic E-state index is 13.5. The third kappa shape index (κ3) is 8.25. The molecular weight excluding hydrogens is 866 g/mol. The topological polar surface area (TPSA) is 181 Å². The normalized spacial score (nSPS) is 22.1. The predicted molar refractivity (Wildman–Crippen MR) is 211 cm³/mol. The van der Waals surface area contributed by atoms with E-state index in [2.05, 4.69) is 37.7 Å². The summed E-state index contributed by atoms with van der Waals surface area (Å²) in [5.41, 5.74) is 3.21. The van der Waals surface area contributed by atoms with Crippen molar-refractivity contribution < 1.29 is 25.3 Å². The highest BCUT2D eigenvalue weighted by atomic mass is 35.7. The molecule has 2 saturated heterocycles. The number of rotatable bonds is 5.